The Morgan fingerprint density at radius 3 is 1.23 bits per heavy atom. The second-order valence-electron chi connectivity index (χ2n) is 4.85. The Bertz CT molecular complexity index is 674. The van der Waals surface area contributed by atoms with Gasteiger partial charge in [0.25, 0.3) is 0 Å². The maximum Gasteiger partial charge on any atom is 0.0363 e. The van der Waals surface area contributed by atoms with Crippen LogP contribution in [-0.4, -0.2) is 23.0 Å². The zero-order valence-corrected chi connectivity index (χ0v) is 18.1. The molecule has 22 heavy (non-hydrogen) atoms. The van der Waals surface area contributed by atoms with Crippen molar-refractivity contribution < 1.29 is 0 Å². The van der Waals surface area contributed by atoms with Gasteiger partial charge in [-0.3, -0.25) is 0 Å². The Kier molecular flexibility index (Phi) is 5.13. The fraction of sp³-hybridized carbons (Fsp3) is 0.286. The molecule has 8 heteroatoms. The molecule has 4 aliphatic rings. The van der Waals surface area contributed by atoms with Crippen molar-refractivity contribution in [2.24, 2.45) is 0 Å². The Morgan fingerprint density at radius 1 is 0.455 bits per heavy atom. The van der Waals surface area contributed by atoms with Gasteiger partial charge in [0.15, 0.2) is 0 Å². The number of allylic oxidation sites excluding steroid dienone is 4. The van der Waals surface area contributed by atoms with E-state index in [4.69, 9.17) is 25.3 Å². The first-order valence-corrected chi connectivity index (χ1v) is 12.3. The van der Waals surface area contributed by atoms with Crippen molar-refractivity contribution in [2.75, 3.05) is 23.0 Å². The molecular formula is C14H12S8. The molecular weight excluding hydrogens is 425 g/mol. The molecule has 0 saturated heterocycles. The first-order chi connectivity index (χ1) is 10.6. The zero-order valence-electron chi connectivity index (χ0n) is 11.3. The fourth-order valence-corrected chi connectivity index (χ4v) is 9.57. The molecule has 116 valence electrons. The maximum absolute atomic E-state index is 4.72. The average Bonchev–Trinajstić information content (AvgIpc) is 2.97. The molecule has 0 atom stereocenters. The van der Waals surface area contributed by atoms with E-state index >= 15 is 0 Å². The normalized spacial score (nSPS) is 25.6. The number of fused-ring (bicyclic) bond motifs is 1. The largest absolute Gasteiger partial charge is 0.142 e. The Hall–Kier alpha value is 1.50. The minimum absolute atomic E-state index is 0.831. The van der Waals surface area contributed by atoms with Gasteiger partial charge in [0, 0.05) is 73.4 Å². The minimum atomic E-state index is 0.831. The van der Waals surface area contributed by atoms with E-state index in [0.29, 0.717) is 0 Å². The van der Waals surface area contributed by atoms with Crippen LogP contribution in [0.3, 0.4) is 0 Å². The van der Waals surface area contributed by atoms with Gasteiger partial charge in [-0.15, -0.1) is 97.6 Å². The summed E-state index contributed by atoms with van der Waals surface area (Å²) in [6.07, 6.45) is 0. The van der Waals surface area contributed by atoms with E-state index in [-0.39, 0.29) is 0 Å². The molecule has 0 amide bonds. The Morgan fingerprint density at radius 2 is 0.818 bits per heavy atom. The van der Waals surface area contributed by atoms with Crippen LogP contribution in [-0.2, 0) is 0 Å². The molecule has 0 nitrogen and oxygen atoms in total. The first kappa shape index (κ1) is 16.9. The second-order valence-corrected chi connectivity index (χ2v) is 11.1. The molecule has 0 aromatic carbocycles. The van der Waals surface area contributed by atoms with E-state index in [0.717, 1.165) is 36.7 Å². The lowest BCUT2D eigenvalue weighted by Crippen LogP contribution is -1.99. The van der Waals surface area contributed by atoms with Crippen molar-refractivity contribution in [3.63, 3.8) is 0 Å². The number of hydrogen-bond acceptors (Lipinski definition) is 8. The van der Waals surface area contributed by atoms with Crippen LogP contribution >= 0.6 is 97.6 Å². The van der Waals surface area contributed by atoms with E-state index in [1.54, 1.807) is 0 Å². The molecule has 2 heterocycles. The lowest BCUT2D eigenvalue weighted by Gasteiger charge is -2.18. The van der Waals surface area contributed by atoms with Crippen molar-refractivity contribution in [3.8, 4) is 0 Å². The molecule has 0 aromatic rings. The summed E-state index contributed by atoms with van der Waals surface area (Å²) < 4.78 is 0. The highest BCUT2D eigenvalue weighted by Gasteiger charge is 2.38. The monoisotopic (exact) mass is 436 g/mol. The van der Waals surface area contributed by atoms with Gasteiger partial charge >= 0.3 is 0 Å². The molecule has 0 aromatic heterocycles. The number of thiol groups is 4. The Balaban J connectivity index is 2.00. The van der Waals surface area contributed by atoms with E-state index in [2.05, 4.69) is 25.3 Å². The van der Waals surface area contributed by atoms with Gasteiger partial charge in [0.05, 0.1) is 0 Å². The van der Waals surface area contributed by atoms with Crippen LogP contribution in [0, 0.1) is 0 Å². The van der Waals surface area contributed by atoms with E-state index in [1.165, 1.54) is 36.7 Å². The van der Waals surface area contributed by atoms with Crippen LogP contribution in [0.25, 0.3) is 0 Å². The standard InChI is InChI=1S/C14H12S8/c15-7-5(8(16)10(18)9(7)17)6-11-13(21-3-1-19-11)14-12(6)20-2-4-22-14/h15-18H,1-4H2. The third-order valence-electron chi connectivity index (χ3n) is 3.62. The average molecular weight is 437 g/mol. The van der Waals surface area contributed by atoms with Crippen LogP contribution in [0.5, 0.6) is 0 Å². The van der Waals surface area contributed by atoms with Gasteiger partial charge in [-0.05, 0) is 0 Å². The highest BCUT2D eigenvalue weighted by molar-refractivity contribution is 8.14. The molecule has 0 N–H and O–H groups in total. The van der Waals surface area contributed by atoms with Gasteiger partial charge < -0.3 is 0 Å². The topological polar surface area (TPSA) is 0 Å². The van der Waals surface area contributed by atoms with Crippen molar-refractivity contribution in [1.82, 2.24) is 0 Å². The van der Waals surface area contributed by atoms with Crippen molar-refractivity contribution in [1.29, 1.82) is 0 Å². The third-order valence-corrected chi connectivity index (χ3v) is 11.3. The number of thioether (sulfide) groups is 4. The van der Waals surface area contributed by atoms with Crippen molar-refractivity contribution in [3.05, 3.63) is 50.4 Å². The lowest BCUT2D eigenvalue weighted by molar-refractivity contribution is 1.50. The highest BCUT2D eigenvalue weighted by atomic mass is 32.2. The highest BCUT2D eigenvalue weighted by Crippen LogP contribution is 2.61. The summed E-state index contributed by atoms with van der Waals surface area (Å²) in [4.78, 5) is 9.25. The summed E-state index contributed by atoms with van der Waals surface area (Å²) in [5.74, 6) is 4.71. The zero-order chi connectivity index (χ0) is 15.4. The van der Waals surface area contributed by atoms with Crippen molar-refractivity contribution in [2.45, 2.75) is 0 Å². The predicted octanol–water partition coefficient (Wildman–Crippen LogP) is 5.84. The van der Waals surface area contributed by atoms with Crippen molar-refractivity contribution >= 4 is 97.6 Å². The molecule has 0 spiro atoms. The predicted molar refractivity (Wildman–Crippen MR) is 121 cm³/mol. The van der Waals surface area contributed by atoms with Gasteiger partial charge in [-0.1, -0.05) is 0 Å². The third kappa shape index (κ3) is 2.55. The Labute approximate surface area is 169 Å². The first-order valence-electron chi connectivity index (χ1n) is 6.62. The fourth-order valence-electron chi connectivity index (χ4n) is 2.69. The van der Waals surface area contributed by atoms with E-state index in [1.807, 2.05) is 47.0 Å². The smallest absolute Gasteiger partial charge is 0.0363 e. The van der Waals surface area contributed by atoms with Gasteiger partial charge in [-0.2, -0.15) is 0 Å². The SMILES string of the molecule is SC1=C(S)C(=C2C3=C(SCCS3)C3=C2SCCS3)C(S)=C1S. The molecule has 0 unspecified atom stereocenters. The maximum atomic E-state index is 4.72. The van der Waals surface area contributed by atoms with Crippen LogP contribution in [0.1, 0.15) is 0 Å². The molecule has 0 saturated carbocycles. The number of rotatable bonds is 0. The summed E-state index contributed by atoms with van der Waals surface area (Å²) in [5.41, 5.74) is 2.44. The molecule has 4 rings (SSSR count). The summed E-state index contributed by atoms with van der Waals surface area (Å²) in [6.45, 7) is 0. The second kappa shape index (κ2) is 6.67. The summed E-state index contributed by atoms with van der Waals surface area (Å²) in [5, 5.41) is 0. The van der Waals surface area contributed by atoms with Gasteiger partial charge in [0.2, 0.25) is 0 Å². The van der Waals surface area contributed by atoms with E-state index < -0.39 is 0 Å². The van der Waals surface area contributed by atoms with Gasteiger partial charge in [0.1, 0.15) is 0 Å². The van der Waals surface area contributed by atoms with Crippen LogP contribution in [0.2, 0.25) is 0 Å². The molecule has 0 radical (unpaired) electrons. The molecule has 2 aliphatic heterocycles. The molecule has 0 fully saturated rings. The minimum Gasteiger partial charge on any atom is -0.142 e. The van der Waals surface area contributed by atoms with Crippen LogP contribution in [0.4, 0.5) is 0 Å². The summed E-state index contributed by atoms with van der Waals surface area (Å²) in [7, 11) is 0. The van der Waals surface area contributed by atoms with Crippen LogP contribution in [0.15, 0.2) is 50.4 Å². The number of hydrogen-bond donors (Lipinski definition) is 4. The van der Waals surface area contributed by atoms with Crippen LogP contribution < -0.4 is 0 Å². The summed E-state index contributed by atoms with van der Waals surface area (Å²) in [6, 6.07) is 0. The van der Waals surface area contributed by atoms with E-state index in [9.17, 15) is 0 Å². The molecule has 2 aliphatic carbocycles. The summed E-state index contributed by atoms with van der Waals surface area (Å²) >= 11 is 26.5. The lowest BCUT2D eigenvalue weighted by atomic mass is 10.1. The quantitative estimate of drug-likeness (QED) is 0.352. The molecule has 0 bridgehead atoms. The van der Waals surface area contributed by atoms with Gasteiger partial charge in [-0.25, -0.2) is 0 Å².